The van der Waals surface area contributed by atoms with Crippen molar-refractivity contribution in [1.29, 1.82) is 0 Å². The molecule has 1 aromatic carbocycles. The van der Waals surface area contributed by atoms with Gasteiger partial charge < -0.3 is 0 Å². The van der Waals surface area contributed by atoms with Crippen LogP contribution in [0.2, 0.25) is 5.02 Å². The van der Waals surface area contributed by atoms with E-state index in [-0.39, 0.29) is 4.90 Å². The third-order valence-corrected chi connectivity index (χ3v) is 4.53. The minimum atomic E-state index is -3.30. The van der Waals surface area contributed by atoms with E-state index in [1.807, 2.05) is 0 Å². The van der Waals surface area contributed by atoms with Gasteiger partial charge in [-0.3, -0.25) is 0 Å². The maximum Gasteiger partial charge on any atom is 0.241 e. The maximum absolute atomic E-state index is 11.3. The lowest BCUT2D eigenvalue weighted by Gasteiger charge is -1.99. The first-order chi connectivity index (χ1) is 6.00. The molecule has 3 nitrogen and oxygen atoms in total. The van der Waals surface area contributed by atoms with E-state index in [1.54, 1.807) is 6.07 Å². The van der Waals surface area contributed by atoms with Crippen LogP contribution in [0.5, 0.6) is 0 Å². The number of hydrogen-bond acceptors (Lipinski definition) is 2. The van der Waals surface area contributed by atoms with Gasteiger partial charge in [0.25, 0.3) is 0 Å². The molecule has 0 fully saturated rings. The highest BCUT2D eigenvalue weighted by Gasteiger charge is 2.26. The molecule has 0 saturated carbocycles. The number of benzene rings is 1. The normalized spacial score (nSPS) is 18.6. The molecule has 2 rings (SSSR count). The highest BCUT2D eigenvalue weighted by molar-refractivity contribution is 9.10. The molecule has 13 heavy (non-hydrogen) atoms. The predicted molar refractivity (Wildman–Crippen MR) is 53.2 cm³/mol. The topological polar surface area (TPSA) is 46.2 Å². The first-order valence-corrected chi connectivity index (χ1v) is 6.14. The molecule has 1 aliphatic heterocycles. The van der Waals surface area contributed by atoms with Gasteiger partial charge in [-0.15, -0.1) is 0 Å². The molecule has 0 bridgehead atoms. The van der Waals surface area contributed by atoms with Gasteiger partial charge in [0.1, 0.15) is 0 Å². The van der Waals surface area contributed by atoms with Crippen LogP contribution < -0.4 is 4.72 Å². The Balaban J connectivity index is 2.75. The summed E-state index contributed by atoms with van der Waals surface area (Å²) in [6, 6.07) is 3.17. The fourth-order valence-corrected chi connectivity index (χ4v) is 3.08. The van der Waals surface area contributed by atoms with Crippen LogP contribution >= 0.6 is 27.5 Å². The Labute approximate surface area is 89.3 Å². The van der Waals surface area contributed by atoms with Crippen molar-refractivity contribution in [2.45, 2.75) is 11.4 Å². The van der Waals surface area contributed by atoms with Crippen LogP contribution in [0.15, 0.2) is 21.5 Å². The summed E-state index contributed by atoms with van der Waals surface area (Å²) >= 11 is 9.01. The summed E-state index contributed by atoms with van der Waals surface area (Å²) in [4.78, 5) is 0.278. The number of fused-ring (bicyclic) bond motifs is 1. The van der Waals surface area contributed by atoms with Crippen LogP contribution in [0, 0.1) is 0 Å². The lowest BCUT2D eigenvalue weighted by atomic mass is 10.2. The molecule has 0 amide bonds. The third-order valence-electron chi connectivity index (χ3n) is 1.85. The van der Waals surface area contributed by atoms with E-state index in [4.69, 9.17) is 11.6 Å². The smallest absolute Gasteiger partial charge is 0.207 e. The molecule has 0 aliphatic carbocycles. The molecule has 0 saturated heterocycles. The summed E-state index contributed by atoms with van der Waals surface area (Å²) in [6.45, 7) is 0.341. The molecule has 1 aromatic rings. The van der Waals surface area contributed by atoms with Crippen molar-refractivity contribution in [3.63, 3.8) is 0 Å². The van der Waals surface area contributed by atoms with Gasteiger partial charge in [-0.25, -0.2) is 13.1 Å². The van der Waals surface area contributed by atoms with E-state index in [0.717, 1.165) is 5.56 Å². The molecular formula is C7H5BrClNO2S. The Morgan fingerprint density at radius 1 is 1.46 bits per heavy atom. The van der Waals surface area contributed by atoms with Gasteiger partial charge in [-0.2, -0.15) is 0 Å². The monoisotopic (exact) mass is 281 g/mol. The van der Waals surface area contributed by atoms with Crippen LogP contribution in [0.3, 0.4) is 0 Å². The van der Waals surface area contributed by atoms with Gasteiger partial charge in [0.15, 0.2) is 0 Å². The number of rotatable bonds is 0. The van der Waals surface area contributed by atoms with E-state index in [2.05, 4.69) is 20.7 Å². The van der Waals surface area contributed by atoms with Crippen molar-refractivity contribution in [3.05, 3.63) is 27.2 Å². The molecule has 1 heterocycles. The van der Waals surface area contributed by atoms with Gasteiger partial charge in [0.2, 0.25) is 10.0 Å². The highest BCUT2D eigenvalue weighted by Crippen LogP contribution is 2.31. The largest absolute Gasteiger partial charge is 0.241 e. The summed E-state index contributed by atoms with van der Waals surface area (Å²) in [7, 11) is -3.30. The second kappa shape index (κ2) is 2.95. The Morgan fingerprint density at radius 3 is 2.85 bits per heavy atom. The SMILES string of the molecule is O=S1(=O)NCc2cc(Br)c(Cl)cc21. The second-order valence-electron chi connectivity index (χ2n) is 2.70. The average molecular weight is 283 g/mol. The van der Waals surface area contributed by atoms with Crippen LogP contribution in [-0.4, -0.2) is 8.42 Å². The van der Waals surface area contributed by atoms with Crippen LogP contribution in [0.4, 0.5) is 0 Å². The molecule has 0 aromatic heterocycles. The van der Waals surface area contributed by atoms with E-state index >= 15 is 0 Å². The second-order valence-corrected chi connectivity index (χ2v) is 5.70. The first kappa shape index (κ1) is 9.45. The van der Waals surface area contributed by atoms with Crippen LogP contribution in [0.1, 0.15) is 5.56 Å². The number of hydrogen-bond donors (Lipinski definition) is 1. The van der Waals surface area contributed by atoms with Gasteiger partial charge in [0, 0.05) is 11.0 Å². The average Bonchev–Trinajstić information content (AvgIpc) is 2.31. The molecule has 1 N–H and O–H groups in total. The van der Waals surface area contributed by atoms with Crippen molar-refractivity contribution in [2.75, 3.05) is 0 Å². The highest BCUT2D eigenvalue weighted by atomic mass is 79.9. The van der Waals surface area contributed by atoms with E-state index in [0.29, 0.717) is 16.0 Å². The minimum absolute atomic E-state index is 0.278. The molecular weight excluding hydrogens is 278 g/mol. The Morgan fingerprint density at radius 2 is 2.15 bits per heavy atom. The van der Waals surface area contributed by atoms with Crippen molar-refractivity contribution < 1.29 is 8.42 Å². The summed E-state index contributed by atoms with van der Waals surface area (Å²) in [5.41, 5.74) is 0.747. The quantitative estimate of drug-likeness (QED) is 0.790. The van der Waals surface area contributed by atoms with Gasteiger partial charge in [-0.05, 0) is 33.6 Å². The summed E-state index contributed by atoms with van der Waals surface area (Å²) < 4.78 is 25.8. The molecule has 0 spiro atoms. The lowest BCUT2D eigenvalue weighted by molar-refractivity contribution is 0.589. The molecule has 0 radical (unpaired) electrons. The summed E-state index contributed by atoms with van der Waals surface area (Å²) in [5.74, 6) is 0. The molecule has 6 heteroatoms. The minimum Gasteiger partial charge on any atom is -0.207 e. The summed E-state index contributed by atoms with van der Waals surface area (Å²) in [5, 5.41) is 0.408. The van der Waals surface area contributed by atoms with Crippen molar-refractivity contribution in [2.24, 2.45) is 0 Å². The Kier molecular flexibility index (Phi) is 2.14. The zero-order chi connectivity index (χ0) is 9.64. The first-order valence-electron chi connectivity index (χ1n) is 3.48. The number of sulfonamides is 1. The maximum atomic E-state index is 11.3. The molecule has 0 unspecified atom stereocenters. The fraction of sp³-hybridized carbons (Fsp3) is 0.143. The van der Waals surface area contributed by atoms with Gasteiger partial charge >= 0.3 is 0 Å². The standard InChI is InChI=1S/C7H5BrClNO2S/c8-5-1-4-3-10-13(11,12)7(4)2-6(5)9/h1-2,10H,3H2. The van der Waals surface area contributed by atoms with Crippen molar-refractivity contribution >= 4 is 37.6 Å². The Hall–Kier alpha value is -0.100. The van der Waals surface area contributed by atoms with Crippen LogP contribution in [0.25, 0.3) is 0 Å². The van der Waals surface area contributed by atoms with E-state index in [9.17, 15) is 8.42 Å². The third kappa shape index (κ3) is 1.50. The number of nitrogens with one attached hydrogen (secondary N) is 1. The number of halogens is 2. The van der Waals surface area contributed by atoms with Gasteiger partial charge in [0.05, 0.1) is 9.92 Å². The van der Waals surface area contributed by atoms with Crippen molar-refractivity contribution in [1.82, 2.24) is 4.72 Å². The zero-order valence-electron chi connectivity index (χ0n) is 6.34. The summed E-state index contributed by atoms with van der Waals surface area (Å²) in [6.07, 6.45) is 0. The van der Waals surface area contributed by atoms with E-state index in [1.165, 1.54) is 6.07 Å². The fourth-order valence-electron chi connectivity index (χ4n) is 1.21. The molecule has 1 aliphatic rings. The molecule has 0 atom stereocenters. The zero-order valence-corrected chi connectivity index (χ0v) is 9.50. The Bertz CT molecular complexity index is 472. The van der Waals surface area contributed by atoms with Crippen LogP contribution in [-0.2, 0) is 16.6 Å². The van der Waals surface area contributed by atoms with Gasteiger partial charge in [-0.1, -0.05) is 11.6 Å². The molecule has 70 valence electrons. The van der Waals surface area contributed by atoms with Crippen molar-refractivity contribution in [3.8, 4) is 0 Å². The lowest BCUT2D eigenvalue weighted by Crippen LogP contribution is -2.13. The van der Waals surface area contributed by atoms with E-state index < -0.39 is 10.0 Å². The predicted octanol–water partition coefficient (Wildman–Crippen LogP) is 1.89.